The summed E-state index contributed by atoms with van der Waals surface area (Å²) in [6.45, 7) is 5.15. The van der Waals surface area contributed by atoms with Crippen LogP contribution in [0.4, 0.5) is 0 Å². The number of hydrogen-bond donors (Lipinski definition) is 1. The minimum absolute atomic E-state index is 0.160. The molecule has 1 fully saturated rings. The summed E-state index contributed by atoms with van der Waals surface area (Å²) >= 11 is 0. The molecule has 0 saturated carbocycles. The highest BCUT2D eigenvalue weighted by Crippen LogP contribution is 2.30. The van der Waals surface area contributed by atoms with E-state index in [-0.39, 0.29) is 17.9 Å². The number of nitrogens with one attached hydrogen (secondary N) is 1. The van der Waals surface area contributed by atoms with Gasteiger partial charge in [-0.25, -0.2) is 0 Å². The molecule has 1 amide bonds. The molecule has 1 heterocycles. The Hall–Kier alpha value is -2.13. The largest absolute Gasteiger partial charge is 0.349 e. The van der Waals surface area contributed by atoms with Crippen molar-refractivity contribution in [3.8, 4) is 0 Å². The lowest BCUT2D eigenvalue weighted by Gasteiger charge is -2.33. The molecule has 0 bridgehead atoms. The molecule has 27 heavy (non-hydrogen) atoms. The summed E-state index contributed by atoms with van der Waals surface area (Å²) in [7, 11) is 0. The number of carbonyl (C=O) groups is 1. The van der Waals surface area contributed by atoms with Gasteiger partial charge in [0.05, 0.1) is 6.04 Å². The van der Waals surface area contributed by atoms with E-state index in [2.05, 4.69) is 65.7 Å². The second-order valence-electron chi connectivity index (χ2n) is 8.19. The number of piperidine rings is 1. The van der Waals surface area contributed by atoms with Crippen molar-refractivity contribution in [2.45, 2.75) is 51.6 Å². The highest BCUT2D eigenvalue weighted by Gasteiger charge is 2.28. The fourth-order valence-corrected chi connectivity index (χ4v) is 4.62. The first-order chi connectivity index (χ1) is 13.2. The van der Waals surface area contributed by atoms with Crippen molar-refractivity contribution in [2.24, 2.45) is 5.92 Å². The number of amides is 1. The third kappa shape index (κ3) is 4.41. The number of fused-ring (bicyclic) bond motifs is 1. The molecule has 1 aliphatic heterocycles. The van der Waals surface area contributed by atoms with E-state index >= 15 is 0 Å². The summed E-state index contributed by atoms with van der Waals surface area (Å²) in [5, 5.41) is 3.36. The van der Waals surface area contributed by atoms with Crippen LogP contribution in [-0.2, 0) is 17.8 Å². The van der Waals surface area contributed by atoms with Crippen LogP contribution in [0.5, 0.6) is 0 Å². The minimum atomic E-state index is 0.160. The highest BCUT2D eigenvalue weighted by molar-refractivity contribution is 5.79. The summed E-state index contributed by atoms with van der Waals surface area (Å²) in [5.41, 5.74) is 5.42. The zero-order chi connectivity index (χ0) is 18.6. The van der Waals surface area contributed by atoms with Crippen LogP contribution in [-0.4, -0.2) is 23.9 Å². The van der Waals surface area contributed by atoms with Gasteiger partial charge in [-0.1, -0.05) is 54.1 Å². The molecule has 4 rings (SSSR count). The smallest absolute Gasteiger partial charge is 0.223 e. The molecular formula is C24H30N2O. The molecule has 3 heteroatoms. The van der Waals surface area contributed by atoms with Crippen LogP contribution in [0.2, 0.25) is 0 Å². The van der Waals surface area contributed by atoms with Gasteiger partial charge in [0.1, 0.15) is 0 Å². The zero-order valence-electron chi connectivity index (χ0n) is 16.3. The average Bonchev–Trinajstić information content (AvgIpc) is 2.69. The number of benzene rings is 2. The molecule has 142 valence electrons. The molecular weight excluding hydrogens is 332 g/mol. The van der Waals surface area contributed by atoms with Gasteiger partial charge in [0, 0.05) is 12.5 Å². The van der Waals surface area contributed by atoms with Gasteiger partial charge < -0.3 is 5.32 Å². The molecule has 0 aromatic heterocycles. The van der Waals surface area contributed by atoms with E-state index in [0.29, 0.717) is 0 Å². The van der Waals surface area contributed by atoms with Crippen LogP contribution in [0.25, 0.3) is 0 Å². The van der Waals surface area contributed by atoms with E-state index in [1.807, 2.05) is 0 Å². The van der Waals surface area contributed by atoms with E-state index in [4.69, 9.17) is 0 Å². The molecule has 0 radical (unpaired) electrons. The lowest BCUT2D eigenvalue weighted by atomic mass is 9.87. The third-order valence-corrected chi connectivity index (χ3v) is 6.13. The lowest BCUT2D eigenvalue weighted by Crippen LogP contribution is -2.41. The second kappa shape index (κ2) is 8.26. The zero-order valence-corrected chi connectivity index (χ0v) is 16.3. The SMILES string of the molecule is Cc1cccc(CN2CCC(C(=O)NC3CCCc4ccccc43)CC2)c1. The number of hydrogen-bond acceptors (Lipinski definition) is 2. The standard InChI is InChI=1S/C24H30N2O/c1-18-6-4-7-19(16-18)17-26-14-12-21(13-15-26)24(27)25-23-11-5-9-20-8-2-3-10-22(20)23/h2-4,6-8,10,16,21,23H,5,9,11-15,17H2,1H3,(H,25,27). The van der Waals surface area contributed by atoms with E-state index in [1.54, 1.807) is 0 Å². The molecule has 1 N–H and O–H groups in total. The Morgan fingerprint density at radius 2 is 1.89 bits per heavy atom. The van der Waals surface area contributed by atoms with Gasteiger partial charge in [-0.05, 0) is 68.8 Å². The molecule has 0 spiro atoms. The normalized spacial score (nSPS) is 20.9. The highest BCUT2D eigenvalue weighted by atomic mass is 16.1. The minimum Gasteiger partial charge on any atom is -0.349 e. The maximum atomic E-state index is 12.9. The van der Waals surface area contributed by atoms with E-state index in [9.17, 15) is 4.79 Å². The molecule has 2 aliphatic rings. The first-order valence-electron chi connectivity index (χ1n) is 10.3. The van der Waals surface area contributed by atoms with Crippen molar-refractivity contribution >= 4 is 5.91 Å². The van der Waals surface area contributed by atoms with Crippen LogP contribution in [0.3, 0.4) is 0 Å². The first kappa shape index (κ1) is 18.2. The maximum Gasteiger partial charge on any atom is 0.223 e. The van der Waals surface area contributed by atoms with Crippen molar-refractivity contribution in [3.05, 3.63) is 70.8 Å². The van der Waals surface area contributed by atoms with E-state index in [1.165, 1.54) is 22.3 Å². The average molecular weight is 363 g/mol. The molecule has 2 aromatic carbocycles. The van der Waals surface area contributed by atoms with E-state index < -0.39 is 0 Å². The Labute approximate surface area is 162 Å². The number of carbonyl (C=O) groups excluding carboxylic acids is 1. The predicted molar refractivity (Wildman–Crippen MR) is 109 cm³/mol. The summed E-state index contributed by atoms with van der Waals surface area (Å²) in [4.78, 5) is 15.3. The Bertz CT molecular complexity index is 792. The van der Waals surface area contributed by atoms with Crippen molar-refractivity contribution in [3.63, 3.8) is 0 Å². The van der Waals surface area contributed by atoms with Gasteiger partial charge in [-0.3, -0.25) is 9.69 Å². The van der Waals surface area contributed by atoms with Gasteiger partial charge in [-0.15, -0.1) is 0 Å². The van der Waals surface area contributed by atoms with Gasteiger partial charge in [-0.2, -0.15) is 0 Å². The Morgan fingerprint density at radius 1 is 1.07 bits per heavy atom. The molecule has 1 saturated heterocycles. The Morgan fingerprint density at radius 3 is 2.70 bits per heavy atom. The predicted octanol–water partition coefficient (Wildman–Crippen LogP) is 4.40. The van der Waals surface area contributed by atoms with Crippen LogP contribution in [0, 0.1) is 12.8 Å². The summed E-state index contributed by atoms with van der Waals surface area (Å²) in [6.07, 6.45) is 5.30. The fraction of sp³-hybridized carbons (Fsp3) is 0.458. The fourth-order valence-electron chi connectivity index (χ4n) is 4.62. The van der Waals surface area contributed by atoms with Crippen LogP contribution in [0.1, 0.15) is 54.0 Å². The van der Waals surface area contributed by atoms with Crippen LogP contribution >= 0.6 is 0 Å². The van der Waals surface area contributed by atoms with Gasteiger partial charge in [0.15, 0.2) is 0 Å². The lowest BCUT2D eigenvalue weighted by molar-refractivity contribution is -0.127. The number of aryl methyl sites for hydroxylation is 2. The van der Waals surface area contributed by atoms with Crippen LogP contribution < -0.4 is 5.32 Å². The number of rotatable bonds is 4. The van der Waals surface area contributed by atoms with Crippen molar-refractivity contribution in [1.82, 2.24) is 10.2 Å². The monoisotopic (exact) mass is 362 g/mol. The van der Waals surface area contributed by atoms with Crippen molar-refractivity contribution in [2.75, 3.05) is 13.1 Å². The van der Waals surface area contributed by atoms with Gasteiger partial charge in [0.25, 0.3) is 0 Å². The van der Waals surface area contributed by atoms with Gasteiger partial charge >= 0.3 is 0 Å². The Kier molecular flexibility index (Phi) is 5.58. The van der Waals surface area contributed by atoms with Gasteiger partial charge in [0.2, 0.25) is 5.91 Å². The third-order valence-electron chi connectivity index (χ3n) is 6.13. The Balaban J connectivity index is 1.30. The summed E-state index contributed by atoms with van der Waals surface area (Å²) < 4.78 is 0. The molecule has 3 nitrogen and oxygen atoms in total. The molecule has 1 unspecified atom stereocenters. The molecule has 2 aromatic rings. The van der Waals surface area contributed by atoms with Crippen LogP contribution in [0.15, 0.2) is 48.5 Å². The maximum absolute atomic E-state index is 12.9. The summed E-state index contributed by atoms with van der Waals surface area (Å²) in [6, 6.07) is 17.5. The number of likely N-dealkylation sites (tertiary alicyclic amines) is 1. The van der Waals surface area contributed by atoms with Crippen molar-refractivity contribution in [1.29, 1.82) is 0 Å². The van der Waals surface area contributed by atoms with E-state index in [0.717, 1.165) is 51.7 Å². The molecule has 1 atom stereocenters. The second-order valence-corrected chi connectivity index (χ2v) is 8.19. The van der Waals surface area contributed by atoms with Crippen molar-refractivity contribution < 1.29 is 4.79 Å². The topological polar surface area (TPSA) is 32.3 Å². The number of nitrogens with zero attached hydrogens (tertiary/aromatic N) is 1. The summed E-state index contributed by atoms with van der Waals surface area (Å²) in [5.74, 6) is 0.416. The quantitative estimate of drug-likeness (QED) is 0.874. The molecule has 1 aliphatic carbocycles. The first-order valence-corrected chi connectivity index (χ1v) is 10.3.